The summed E-state index contributed by atoms with van der Waals surface area (Å²) in [5.74, 6) is 0.633. The van der Waals surface area contributed by atoms with E-state index in [0.29, 0.717) is 19.3 Å². The van der Waals surface area contributed by atoms with Crippen LogP contribution in [0, 0.1) is 6.92 Å². The predicted octanol–water partition coefficient (Wildman–Crippen LogP) is 1.75. The number of hydrogen-bond donors (Lipinski definition) is 2. The molecule has 0 aliphatic heterocycles. The van der Waals surface area contributed by atoms with Gasteiger partial charge >= 0.3 is 5.97 Å². The van der Waals surface area contributed by atoms with E-state index in [1.807, 2.05) is 19.1 Å². The lowest BCUT2D eigenvalue weighted by Gasteiger charge is -2.13. The van der Waals surface area contributed by atoms with Crippen LogP contribution in [0.25, 0.3) is 0 Å². The van der Waals surface area contributed by atoms with Crippen molar-refractivity contribution in [3.63, 3.8) is 0 Å². The lowest BCUT2D eigenvalue weighted by atomic mass is 10.0. The van der Waals surface area contributed by atoms with Crippen LogP contribution in [0.5, 0.6) is 11.5 Å². The molecule has 0 radical (unpaired) electrons. The zero-order chi connectivity index (χ0) is 14.4. The fraction of sp³-hybridized carbons (Fsp3) is 0.500. The Morgan fingerprint density at radius 3 is 2.47 bits per heavy atom. The van der Waals surface area contributed by atoms with E-state index in [9.17, 15) is 4.79 Å². The van der Waals surface area contributed by atoms with Gasteiger partial charge in [0.1, 0.15) is 17.5 Å². The molecule has 0 heterocycles. The maximum atomic E-state index is 10.6. The summed E-state index contributed by atoms with van der Waals surface area (Å²) in [5, 5.41) is 8.73. The van der Waals surface area contributed by atoms with Gasteiger partial charge in [0.2, 0.25) is 0 Å². The minimum absolute atomic E-state index is 0.439. The van der Waals surface area contributed by atoms with Crippen molar-refractivity contribution in [2.75, 3.05) is 14.2 Å². The van der Waals surface area contributed by atoms with E-state index in [4.69, 9.17) is 20.3 Å². The van der Waals surface area contributed by atoms with Gasteiger partial charge in [0, 0.05) is 0 Å². The third-order valence-electron chi connectivity index (χ3n) is 3.08. The number of aryl methyl sites for hydroxylation is 2. The second-order valence-electron chi connectivity index (χ2n) is 4.47. The molecule has 3 N–H and O–H groups in total. The molecule has 1 aromatic carbocycles. The molecule has 0 aliphatic rings. The predicted molar refractivity (Wildman–Crippen MR) is 72.8 cm³/mol. The van der Waals surface area contributed by atoms with Crippen LogP contribution in [0.15, 0.2) is 12.1 Å². The van der Waals surface area contributed by atoms with Crippen LogP contribution in [-0.2, 0) is 11.2 Å². The Morgan fingerprint density at radius 1 is 1.32 bits per heavy atom. The topological polar surface area (TPSA) is 81.8 Å². The van der Waals surface area contributed by atoms with Gasteiger partial charge in [-0.05, 0) is 49.4 Å². The van der Waals surface area contributed by atoms with Crippen molar-refractivity contribution in [3.8, 4) is 11.5 Å². The molecule has 0 bridgehead atoms. The van der Waals surface area contributed by atoms with Gasteiger partial charge in [-0.15, -0.1) is 0 Å². The first-order valence-corrected chi connectivity index (χ1v) is 6.19. The molecule has 106 valence electrons. The SMILES string of the molecule is COc1cc(CCCC(N)C(=O)O)c(OC)cc1C. The van der Waals surface area contributed by atoms with Crippen LogP contribution in [0.1, 0.15) is 24.0 Å². The quantitative estimate of drug-likeness (QED) is 0.786. The normalized spacial score (nSPS) is 12.0. The first-order chi connectivity index (χ1) is 8.99. The molecule has 0 aromatic heterocycles. The summed E-state index contributed by atoms with van der Waals surface area (Å²) < 4.78 is 10.6. The highest BCUT2D eigenvalue weighted by Crippen LogP contribution is 2.29. The molecule has 5 nitrogen and oxygen atoms in total. The lowest BCUT2D eigenvalue weighted by molar-refractivity contribution is -0.138. The second kappa shape index (κ2) is 6.99. The molecule has 0 fully saturated rings. The monoisotopic (exact) mass is 267 g/mol. The van der Waals surface area contributed by atoms with Gasteiger partial charge in [-0.25, -0.2) is 0 Å². The zero-order valence-corrected chi connectivity index (χ0v) is 11.6. The van der Waals surface area contributed by atoms with Crippen LogP contribution >= 0.6 is 0 Å². The average molecular weight is 267 g/mol. The minimum atomic E-state index is -0.964. The number of nitrogens with two attached hydrogens (primary N) is 1. The number of carbonyl (C=O) groups is 1. The number of hydrogen-bond acceptors (Lipinski definition) is 4. The average Bonchev–Trinajstić information content (AvgIpc) is 2.39. The van der Waals surface area contributed by atoms with E-state index in [2.05, 4.69) is 0 Å². The lowest BCUT2D eigenvalue weighted by Crippen LogP contribution is -2.29. The summed E-state index contributed by atoms with van der Waals surface area (Å²) in [5.41, 5.74) is 7.48. The van der Waals surface area contributed by atoms with Crippen molar-refractivity contribution in [2.24, 2.45) is 5.73 Å². The smallest absolute Gasteiger partial charge is 0.320 e. The Bertz CT molecular complexity index is 445. The van der Waals surface area contributed by atoms with Gasteiger partial charge in [-0.2, -0.15) is 0 Å². The van der Waals surface area contributed by atoms with Crippen LogP contribution < -0.4 is 15.2 Å². The molecule has 0 aliphatic carbocycles. The van der Waals surface area contributed by atoms with Crippen molar-refractivity contribution >= 4 is 5.97 Å². The van der Waals surface area contributed by atoms with Gasteiger partial charge in [-0.1, -0.05) is 0 Å². The number of rotatable bonds is 7. The van der Waals surface area contributed by atoms with E-state index in [1.165, 1.54) is 0 Å². The van der Waals surface area contributed by atoms with E-state index < -0.39 is 12.0 Å². The molecule has 1 rings (SSSR count). The van der Waals surface area contributed by atoms with Gasteiger partial charge in [0.15, 0.2) is 0 Å². The van der Waals surface area contributed by atoms with Gasteiger partial charge in [-0.3, -0.25) is 4.79 Å². The van der Waals surface area contributed by atoms with Gasteiger partial charge in [0.25, 0.3) is 0 Å². The first kappa shape index (κ1) is 15.3. The number of ether oxygens (including phenoxy) is 2. The number of aliphatic carboxylic acids is 1. The molecule has 0 saturated heterocycles. The number of methoxy groups -OCH3 is 2. The third-order valence-corrected chi connectivity index (χ3v) is 3.08. The fourth-order valence-corrected chi connectivity index (χ4v) is 1.94. The highest BCUT2D eigenvalue weighted by atomic mass is 16.5. The second-order valence-corrected chi connectivity index (χ2v) is 4.47. The molecule has 1 unspecified atom stereocenters. The molecule has 5 heteroatoms. The third kappa shape index (κ3) is 4.13. The molecule has 0 saturated carbocycles. The summed E-state index contributed by atoms with van der Waals surface area (Å²) in [6.45, 7) is 1.95. The molecular weight excluding hydrogens is 246 g/mol. The van der Waals surface area contributed by atoms with Crippen molar-refractivity contribution in [2.45, 2.75) is 32.2 Å². The summed E-state index contributed by atoms with van der Waals surface area (Å²) in [4.78, 5) is 10.6. The Morgan fingerprint density at radius 2 is 1.95 bits per heavy atom. The zero-order valence-electron chi connectivity index (χ0n) is 11.6. The summed E-state index contributed by atoms with van der Waals surface area (Å²) in [6, 6.07) is 3.05. The molecule has 1 aromatic rings. The summed E-state index contributed by atoms with van der Waals surface area (Å²) in [6.07, 6.45) is 1.84. The van der Waals surface area contributed by atoms with Crippen LogP contribution in [-0.4, -0.2) is 31.3 Å². The molecule has 0 spiro atoms. The molecular formula is C14H21NO4. The fourth-order valence-electron chi connectivity index (χ4n) is 1.94. The standard InChI is InChI=1S/C14H21NO4/c1-9-7-13(19-3)10(8-12(9)18-2)5-4-6-11(15)14(16)17/h7-8,11H,4-6,15H2,1-3H3,(H,16,17). The Kier molecular flexibility index (Phi) is 5.63. The van der Waals surface area contributed by atoms with Crippen LogP contribution in [0.3, 0.4) is 0 Å². The summed E-state index contributed by atoms with van der Waals surface area (Å²) in [7, 11) is 3.24. The Labute approximate surface area is 113 Å². The van der Waals surface area contributed by atoms with E-state index in [1.54, 1.807) is 14.2 Å². The summed E-state index contributed by atoms with van der Waals surface area (Å²) >= 11 is 0. The Hall–Kier alpha value is -1.75. The van der Waals surface area contributed by atoms with Gasteiger partial charge < -0.3 is 20.3 Å². The largest absolute Gasteiger partial charge is 0.496 e. The van der Waals surface area contributed by atoms with Crippen molar-refractivity contribution in [1.82, 2.24) is 0 Å². The Balaban J connectivity index is 2.74. The van der Waals surface area contributed by atoms with E-state index >= 15 is 0 Å². The number of carboxylic acids is 1. The van der Waals surface area contributed by atoms with Gasteiger partial charge in [0.05, 0.1) is 14.2 Å². The van der Waals surface area contributed by atoms with Crippen molar-refractivity contribution < 1.29 is 19.4 Å². The molecule has 19 heavy (non-hydrogen) atoms. The molecule has 0 amide bonds. The van der Waals surface area contributed by atoms with E-state index in [0.717, 1.165) is 22.6 Å². The number of carboxylic acid groups (broad SMARTS) is 1. The highest BCUT2D eigenvalue weighted by Gasteiger charge is 2.13. The maximum absolute atomic E-state index is 10.6. The maximum Gasteiger partial charge on any atom is 0.320 e. The van der Waals surface area contributed by atoms with Crippen LogP contribution in [0.2, 0.25) is 0 Å². The van der Waals surface area contributed by atoms with Crippen LogP contribution in [0.4, 0.5) is 0 Å². The minimum Gasteiger partial charge on any atom is -0.496 e. The highest BCUT2D eigenvalue weighted by molar-refractivity contribution is 5.72. The van der Waals surface area contributed by atoms with Crippen molar-refractivity contribution in [3.05, 3.63) is 23.3 Å². The van der Waals surface area contributed by atoms with Crippen molar-refractivity contribution in [1.29, 1.82) is 0 Å². The first-order valence-electron chi connectivity index (χ1n) is 6.19. The number of benzene rings is 1. The van der Waals surface area contributed by atoms with E-state index in [-0.39, 0.29) is 0 Å². The molecule has 1 atom stereocenters.